The summed E-state index contributed by atoms with van der Waals surface area (Å²) in [5, 5.41) is 11.3. The molecule has 0 unspecified atom stereocenters. The maximum Gasteiger partial charge on any atom is 0.246 e. The number of carbonyl (C=O) groups is 1. The minimum atomic E-state index is -3.82. The Morgan fingerprint density at radius 3 is 2.44 bits per heavy atom. The van der Waals surface area contributed by atoms with Crippen LogP contribution in [-0.2, 0) is 14.8 Å². The molecular formula is C14H15Cl3N4O3S3. The number of halogens is 3. The Bertz CT molecular complexity index is 950. The van der Waals surface area contributed by atoms with Crippen molar-refractivity contribution in [3.8, 4) is 0 Å². The van der Waals surface area contributed by atoms with Crippen molar-refractivity contribution >= 4 is 84.7 Å². The van der Waals surface area contributed by atoms with Crippen molar-refractivity contribution in [1.29, 1.82) is 0 Å². The first-order valence-corrected chi connectivity index (χ1v) is 12.1. The normalized spacial score (nSPS) is 11.7. The highest BCUT2D eigenvalue weighted by Crippen LogP contribution is 2.35. The maximum atomic E-state index is 12.4. The van der Waals surface area contributed by atoms with Gasteiger partial charge in [-0.1, -0.05) is 71.7 Å². The van der Waals surface area contributed by atoms with Gasteiger partial charge in [0.1, 0.15) is 6.54 Å². The zero-order valence-electron chi connectivity index (χ0n) is 14.4. The lowest BCUT2D eigenvalue weighted by Crippen LogP contribution is -2.37. The fourth-order valence-corrected chi connectivity index (χ4v) is 5.43. The Balaban J connectivity index is 2.21. The highest BCUT2D eigenvalue weighted by Gasteiger charge is 2.24. The van der Waals surface area contributed by atoms with Crippen molar-refractivity contribution in [3.63, 3.8) is 0 Å². The van der Waals surface area contributed by atoms with Gasteiger partial charge in [-0.15, -0.1) is 10.2 Å². The summed E-state index contributed by atoms with van der Waals surface area (Å²) in [6.45, 7) is 3.51. The molecule has 1 amide bonds. The van der Waals surface area contributed by atoms with E-state index in [4.69, 9.17) is 34.8 Å². The first-order valence-electron chi connectivity index (χ1n) is 7.39. The van der Waals surface area contributed by atoms with E-state index in [1.807, 2.05) is 13.8 Å². The number of nitrogens with one attached hydrogen (secondary N) is 1. The third-order valence-corrected chi connectivity index (χ3v) is 7.01. The van der Waals surface area contributed by atoms with E-state index in [0.717, 1.165) is 10.6 Å². The maximum absolute atomic E-state index is 12.4. The molecule has 0 spiro atoms. The van der Waals surface area contributed by atoms with Gasteiger partial charge in [0, 0.05) is 5.25 Å². The molecule has 7 nitrogen and oxygen atoms in total. The summed E-state index contributed by atoms with van der Waals surface area (Å²) < 4.78 is 25.9. The second-order valence-corrected chi connectivity index (χ2v) is 11.5. The average molecular weight is 490 g/mol. The lowest BCUT2D eigenvalue weighted by atomic mass is 10.3. The molecule has 0 aliphatic carbocycles. The fourth-order valence-electron chi connectivity index (χ4n) is 1.88. The van der Waals surface area contributed by atoms with Gasteiger partial charge in [-0.25, -0.2) is 8.42 Å². The van der Waals surface area contributed by atoms with Gasteiger partial charge in [-0.3, -0.25) is 14.4 Å². The van der Waals surface area contributed by atoms with Gasteiger partial charge in [0.2, 0.25) is 21.1 Å². The first-order chi connectivity index (χ1) is 12.5. The van der Waals surface area contributed by atoms with Crippen LogP contribution in [-0.4, -0.2) is 42.6 Å². The lowest BCUT2D eigenvalue weighted by Gasteiger charge is -2.23. The van der Waals surface area contributed by atoms with Crippen LogP contribution in [0.4, 0.5) is 10.8 Å². The zero-order chi connectivity index (χ0) is 20.4. The number of amides is 1. The van der Waals surface area contributed by atoms with Crippen LogP contribution in [0.5, 0.6) is 0 Å². The van der Waals surface area contributed by atoms with Crippen molar-refractivity contribution < 1.29 is 13.2 Å². The summed E-state index contributed by atoms with van der Waals surface area (Å²) in [5.41, 5.74) is 0.0528. The van der Waals surface area contributed by atoms with Gasteiger partial charge in [0.15, 0.2) is 4.34 Å². The quantitative estimate of drug-likeness (QED) is 0.352. The molecule has 1 aromatic carbocycles. The molecular weight excluding hydrogens is 475 g/mol. The lowest BCUT2D eigenvalue weighted by molar-refractivity contribution is -0.114. The van der Waals surface area contributed by atoms with Crippen molar-refractivity contribution in [3.05, 3.63) is 27.2 Å². The molecule has 0 saturated heterocycles. The summed E-state index contributed by atoms with van der Waals surface area (Å²) in [6.07, 6.45) is 0.960. The summed E-state index contributed by atoms with van der Waals surface area (Å²) in [5.74, 6) is -0.597. The Morgan fingerprint density at radius 1 is 1.22 bits per heavy atom. The molecule has 0 aliphatic rings. The second kappa shape index (κ2) is 9.15. The van der Waals surface area contributed by atoms with E-state index in [1.54, 1.807) is 0 Å². The first kappa shape index (κ1) is 22.5. The smallest absolute Gasteiger partial charge is 0.246 e. The molecule has 148 valence electrons. The highest BCUT2D eigenvalue weighted by atomic mass is 35.5. The Hall–Kier alpha value is -0.780. The van der Waals surface area contributed by atoms with Crippen LogP contribution in [0, 0.1) is 0 Å². The predicted octanol–water partition coefficient (Wildman–Crippen LogP) is 4.40. The van der Waals surface area contributed by atoms with Gasteiger partial charge in [-0.2, -0.15) is 0 Å². The van der Waals surface area contributed by atoms with Crippen molar-refractivity contribution in [2.24, 2.45) is 0 Å². The number of thioether (sulfide) groups is 1. The molecule has 1 N–H and O–H groups in total. The molecule has 0 fully saturated rings. The zero-order valence-corrected chi connectivity index (χ0v) is 19.1. The Kier molecular flexibility index (Phi) is 7.62. The van der Waals surface area contributed by atoms with Crippen LogP contribution < -0.4 is 9.62 Å². The number of hydrogen-bond acceptors (Lipinski definition) is 7. The van der Waals surface area contributed by atoms with E-state index in [0.29, 0.717) is 9.59 Å². The number of carbonyl (C=O) groups excluding carboxylic acids is 1. The summed E-state index contributed by atoms with van der Waals surface area (Å²) in [4.78, 5) is 12.4. The van der Waals surface area contributed by atoms with Crippen LogP contribution in [0.2, 0.25) is 15.1 Å². The van der Waals surface area contributed by atoms with Crippen LogP contribution >= 0.6 is 57.9 Å². The SMILES string of the molecule is CC(C)Sc1nnc(NC(=O)CN(c2cc(Cl)c(Cl)cc2Cl)S(C)(=O)=O)s1. The minimum absolute atomic E-state index is 0.0501. The van der Waals surface area contributed by atoms with Gasteiger partial charge >= 0.3 is 0 Å². The third kappa shape index (κ3) is 6.37. The number of benzene rings is 1. The van der Waals surface area contributed by atoms with E-state index in [2.05, 4.69) is 15.5 Å². The number of sulfonamides is 1. The number of nitrogens with zero attached hydrogens (tertiary/aromatic N) is 3. The van der Waals surface area contributed by atoms with E-state index >= 15 is 0 Å². The van der Waals surface area contributed by atoms with E-state index in [1.165, 1.54) is 35.2 Å². The summed E-state index contributed by atoms with van der Waals surface area (Å²) in [6, 6.07) is 2.61. The predicted molar refractivity (Wildman–Crippen MR) is 113 cm³/mol. The molecule has 0 bridgehead atoms. The number of aromatic nitrogens is 2. The standard InChI is InChI=1S/C14H15Cl3N4O3S3/c1-7(2)25-14-20-19-13(26-14)18-12(22)6-21(27(3,23)24)11-5-9(16)8(15)4-10(11)17/h4-5,7H,6H2,1-3H3,(H,18,19,22). The van der Waals surface area contributed by atoms with Gasteiger partial charge in [0.05, 0.1) is 27.0 Å². The van der Waals surface area contributed by atoms with Crippen molar-refractivity contribution in [1.82, 2.24) is 10.2 Å². The van der Waals surface area contributed by atoms with E-state index in [9.17, 15) is 13.2 Å². The molecule has 2 rings (SSSR count). The molecule has 1 aromatic heterocycles. The van der Waals surface area contributed by atoms with Crippen LogP contribution in [0.25, 0.3) is 0 Å². The number of hydrogen-bond donors (Lipinski definition) is 1. The average Bonchev–Trinajstić information content (AvgIpc) is 2.94. The molecule has 13 heteroatoms. The molecule has 2 aromatic rings. The molecule has 0 atom stereocenters. The van der Waals surface area contributed by atoms with Crippen LogP contribution in [0.15, 0.2) is 16.5 Å². The Morgan fingerprint density at radius 2 is 1.85 bits per heavy atom. The molecule has 0 aliphatic heterocycles. The monoisotopic (exact) mass is 488 g/mol. The summed E-state index contributed by atoms with van der Waals surface area (Å²) >= 11 is 20.6. The number of rotatable bonds is 7. The molecule has 1 heterocycles. The van der Waals surface area contributed by atoms with E-state index < -0.39 is 22.5 Å². The van der Waals surface area contributed by atoms with E-state index in [-0.39, 0.29) is 25.9 Å². The largest absolute Gasteiger partial charge is 0.299 e. The molecule has 0 saturated carbocycles. The van der Waals surface area contributed by atoms with Crippen molar-refractivity contribution in [2.45, 2.75) is 23.4 Å². The molecule has 27 heavy (non-hydrogen) atoms. The molecule has 0 radical (unpaired) electrons. The fraction of sp³-hybridized carbons (Fsp3) is 0.357. The van der Waals surface area contributed by atoms with Gasteiger partial charge < -0.3 is 0 Å². The minimum Gasteiger partial charge on any atom is -0.299 e. The Labute approximate surface area is 180 Å². The highest BCUT2D eigenvalue weighted by molar-refractivity contribution is 8.01. The third-order valence-electron chi connectivity index (χ3n) is 2.94. The van der Waals surface area contributed by atoms with Crippen LogP contribution in [0.1, 0.15) is 13.8 Å². The van der Waals surface area contributed by atoms with Gasteiger partial charge in [0.25, 0.3) is 0 Å². The van der Waals surface area contributed by atoms with Crippen molar-refractivity contribution in [2.75, 3.05) is 22.4 Å². The van der Waals surface area contributed by atoms with Gasteiger partial charge in [-0.05, 0) is 12.1 Å². The summed E-state index contributed by atoms with van der Waals surface area (Å²) in [7, 11) is -3.82. The second-order valence-electron chi connectivity index (χ2n) is 5.58. The number of anilines is 2. The topological polar surface area (TPSA) is 92.3 Å². The van der Waals surface area contributed by atoms with Crippen LogP contribution in [0.3, 0.4) is 0 Å².